The first kappa shape index (κ1) is 14.0. The van der Waals surface area contributed by atoms with Gasteiger partial charge in [0.1, 0.15) is 5.76 Å². The smallest absolute Gasteiger partial charge is 0.206 e. The van der Waals surface area contributed by atoms with Crippen molar-refractivity contribution < 1.29 is 17.4 Å². The van der Waals surface area contributed by atoms with Gasteiger partial charge >= 0.3 is 0 Å². The molecule has 20 heavy (non-hydrogen) atoms. The van der Waals surface area contributed by atoms with Crippen molar-refractivity contribution in [1.29, 1.82) is 0 Å². The minimum absolute atomic E-state index is 0.0871. The Labute approximate surface area is 115 Å². The molecule has 7 nitrogen and oxygen atoms in total. The maximum absolute atomic E-state index is 10.7. The second-order valence-corrected chi connectivity index (χ2v) is 5.02. The molecule has 1 heterocycles. The van der Waals surface area contributed by atoms with Crippen LogP contribution in [0.25, 0.3) is 0 Å². The van der Waals surface area contributed by atoms with E-state index < -0.39 is 15.2 Å². The fourth-order valence-corrected chi connectivity index (χ4v) is 1.79. The third-order valence-corrected chi connectivity index (χ3v) is 2.98. The van der Waals surface area contributed by atoms with Crippen molar-refractivity contribution in [3.63, 3.8) is 0 Å². The van der Waals surface area contributed by atoms with E-state index in [2.05, 4.69) is 10.2 Å². The molecule has 0 unspecified atom stereocenters. The Morgan fingerprint density at radius 2 is 1.90 bits per heavy atom. The number of hydrogen-bond acceptors (Lipinski definition) is 6. The van der Waals surface area contributed by atoms with Crippen LogP contribution in [0.1, 0.15) is 11.3 Å². The maximum Gasteiger partial charge on any atom is 0.206 e. The molecule has 2 aromatic rings. The molecule has 0 bridgehead atoms. The summed E-state index contributed by atoms with van der Waals surface area (Å²) in [7, 11) is -4.61. The number of benzene rings is 1. The van der Waals surface area contributed by atoms with Crippen molar-refractivity contribution in [3.05, 3.63) is 53.8 Å². The summed E-state index contributed by atoms with van der Waals surface area (Å²) in [4.78, 5) is 0. The first-order valence-corrected chi connectivity index (χ1v) is 6.85. The fraction of sp³-hybridized carbons (Fsp3) is 0. The van der Waals surface area contributed by atoms with E-state index in [4.69, 9.17) is 10.2 Å². The fourth-order valence-electron chi connectivity index (χ4n) is 1.35. The van der Waals surface area contributed by atoms with Crippen molar-refractivity contribution in [3.8, 4) is 0 Å². The van der Waals surface area contributed by atoms with Gasteiger partial charge in [0, 0.05) is 5.56 Å². The molecule has 0 fully saturated rings. The number of nitrogens with zero attached hydrogens (tertiary/aromatic N) is 2. The van der Waals surface area contributed by atoms with E-state index in [1.54, 1.807) is 24.3 Å². The minimum atomic E-state index is -4.61. The van der Waals surface area contributed by atoms with Crippen LogP contribution < -0.4 is 5.73 Å². The van der Waals surface area contributed by atoms with Crippen LogP contribution in [0.15, 0.2) is 62.2 Å². The molecule has 0 aliphatic rings. The highest BCUT2D eigenvalue weighted by Gasteiger charge is 2.06. The largest absolute Gasteiger partial charge is 0.742 e. The summed E-state index contributed by atoms with van der Waals surface area (Å²) in [5.41, 5.74) is 6.39. The lowest BCUT2D eigenvalue weighted by molar-refractivity contribution is 0.395. The molecule has 1 aromatic heterocycles. The van der Waals surface area contributed by atoms with Gasteiger partial charge in [-0.05, 0) is 12.1 Å². The highest BCUT2D eigenvalue weighted by Crippen LogP contribution is 2.11. The van der Waals surface area contributed by atoms with Gasteiger partial charge in [0.25, 0.3) is 0 Å². The molecule has 0 spiro atoms. The summed E-state index contributed by atoms with van der Waals surface area (Å²) in [5.74, 6) is 0.286. The second-order valence-electron chi connectivity index (χ2n) is 3.71. The van der Waals surface area contributed by atoms with Crippen LogP contribution >= 0.6 is 0 Å². The molecular weight excluding hydrogens is 282 g/mol. The average Bonchev–Trinajstić information content (AvgIpc) is 2.88. The number of nitrogens with two attached hydrogens (primary N) is 1. The standard InChI is InChI=1S/C12H11N3O4S/c13-12(9-4-2-1-3-5-9)15-14-8-10-6-7-11(19-10)20(16,17)18/h1-8H,(H2,13,15)(H,16,17,18)/p-1/b14-8+. The van der Waals surface area contributed by atoms with Crippen LogP contribution in [-0.2, 0) is 10.1 Å². The van der Waals surface area contributed by atoms with E-state index in [1.165, 1.54) is 6.07 Å². The van der Waals surface area contributed by atoms with Gasteiger partial charge in [-0.1, -0.05) is 30.3 Å². The first-order chi connectivity index (χ1) is 9.47. The molecule has 2 rings (SSSR count). The molecule has 0 aliphatic carbocycles. The van der Waals surface area contributed by atoms with E-state index in [0.717, 1.165) is 12.3 Å². The lowest BCUT2D eigenvalue weighted by atomic mass is 10.2. The third kappa shape index (κ3) is 3.53. The molecule has 0 atom stereocenters. The SMILES string of the molecule is N/C(=N\N=C\c1ccc(S(=O)(=O)[O-])o1)c1ccccc1. The Morgan fingerprint density at radius 1 is 1.20 bits per heavy atom. The molecule has 0 saturated heterocycles. The molecule has 0 saturated carbocycles. The Kier molecular flexibility index (Phi) is 3.97. The van der Waals surface area contributed by atoms with E-state index in [9.17, 15) is 13.0 Å². The summed E-state index contributed by atoms with van der Waals surface area (Å²) in [6.45, 7) is 0. The molecule has 0 radical (unpaired) electrons. The predicted octanol–water partition coefficient (Wildman–Crippen LogP) is 0.923. The van der Waals surface area contributed by atoms with E-state index >= 15 is 0 Å². The minimum Gasteiger partial charge on any atom is -0.742 e. The lowest BCUT2D eigenvalue weighted by Gasteiger charge is -2.00. The number of amidine groups is 1. The van der Waals surface area contributed by atoms with Crippen molar-refractivity contribution in [1.82, 2.24) is 0 Å². The zero-order valence-corrected chi connectivity index (χ0v) is 10.9. The number of furan rings is 1. The van der Waals surface area contributed by atoms with Gasteiger partial charge in [-0.15, -0.1) is 5.10 Å². The van der Waals surface area contributed by atoms with Crippen LogP contribution in [0.5, 0.6) is 0 Å². The number of rotatable bonds is 4. The quantitative estimate of drug-likeness (QED) is 0.388. The number of hydrogen-bond donors (Lipinski definition) is 1. The van der Waals surface area contributed by atoms with Gasteiger partial charge in [-0.3, -0.25) is 0 Å². The topological polar surface area (TPSA) is 121 Å². The van der Waals surface area contributed by atoms with E-state index in [1.807, 2.05) is 6.07 Å². The van der Waals surface area contributed by atoms with Gasteiger partial charge < -0.3 is 14.7 Å². The first-order valence-electron chi connectivity index (χ1n) is 5.44. The van der Waals surface area contributed by atoms with Crippen LogP contribution in [0.4, 0.5) is 0 Å². The monoisotopic (exact) mass is 292 g/mol. The maximum atomic E-state index is 10.7. The van der Waals surface area contributed by atoms with Crippen LogP contribution in [0.2, 0.25) is 0 Å². The second kappa shape index (κ2) is 5.68. The highest BCUT2D eigenvalue weighted by molar-refractivity contribution is 7.85. The Bertz CT molecular complexity index is 748. The summed E-state index contributed by atoms with van der Waals surface area (Å²) in [6, 6.07) is 11.3. The van der Waals surface area contributed by atoms with E-state index in [0.29, 0.717) is 5.56 Å². The van der Waals surface area contributed by atoms with E-state index in [-0.39, 0.29) is 11.6 Å². The van der Waals surface area contributed by atoms with Crippen molar-refractivity contribution in [2.45, 2.75) is 5.09 Å². The van der Waals surface area contributed by atoms with Crippen molar-refractivity contribution >= 4 is 22.2 Å². The zero-order valence-electron chi connectivity index (χ0n) is 10.1. The molecular formula is C12H10N3O4S-. The molecule has 0 aliphatic heterocycles. The molecule has 2 N–H and O–H groups in total. The summed E-state index contributed by atoms with van der Waals surface area (Å²) in [6.07, 6.45) is 1.16. The molecule has 104 valence electrons. The van der Waals surface area contributed by atoms with Gasteiger partial charge in [-0.2, -0.15) is 5.10 Å². The van der Waals surface area contributed by atoms with Crippen molar-refractivity contribution in [2.75, 3.05) is 0 Å². The Morgan fingerprint density at radius 3 is 2.50 bits per heavy atom. The normalized spacial score (nSPS) is 12.9. The van der Waals surface area contributed by atoms with Crippen molar-refractivity contribution in [2.24, 2.45) is 15.9 Å². The summed E-state index contributed by atoms with van der Waals surface area (Å²) in [5, 5.41) is 6.73. The molecule has 8 heteroatoms. The molecule has 0 amide bonds. The summed E-state index contributed by atoms with van der Waals surface area (Å²) >= 11 is 0. The third-order valence-electron chi connectivity index (χ3n) is 2.27. The van der Waals surface area contributed by atoms with Gasteiger partial charge in [0.2, 0.25) is 5.09 Å². The van der Waals surface area contributed by atoms with Gasteiger partial charge in [0.05, 0.1) is 6.21 Å². The highest BCUT2D eigenvalue weighted by atomic mass is 32.2. The Balaban J connectivity index is 2.13. The van der Waals surface area contributed by atoms with Crippen LogP contribution in [0.3, 0.4) is 0 Å². The Hall–Kier alpha value is -2.45. The zero-order chi connectivity index (χ0) is 14.6. The van der Waals surface area contributed by atoms with Crippen LogP contribution in [-0.4, -0.2) is 25.0 Å². The van der Waals surface area contributed by atoms with Gasteiger partial charge in [0.15, 0.2) is 16.0 Å². The predicted molar refractivity (Wildman–Crippen MR) is 71.4 cm³/mol. The average molecular weight is 292 g/mol. The molecule has 1 aromatic carbocycles. The van der Waals surface area contributed by atoms with Gasteiger partial charge in [-0.25, -0.2) is 8.42 Å². The lowest BCUT2D eigenvalue weighted by Crippen LogP contribution is -2.12. The summed E-state index contributed by atoms with van der Waals surface area (Å²) < 4.78 is 36.8. The van der Waals surface area contributed by atoms with Crippen LogP contribution in [0, 0.1) is 0 Å².